The van der Waals surface area contributed by atoms with Crippen LogP contribution in [0.3, 0.4) is 0 Å². The lowest BCUT2D eigenvalue weighted by atomic mass is 10.1. The summed E-state index contributed by atoms with van der Waals surface area (Å²) < 4.78 is 11.6. The van der Waals surface area contributed by atoms with Crippen LogP contribution >= 0.6 is 11.3 Å². The molecule has 0 spiro atoms. The van der Waals surface area contributed by atoms with Gasteiger partial charge in [-0.3, -0.25) is 10.1 Å². The van der Waals surface area contributed by atoms with Gasteiger partial charge in [0.1, 0.15) is 41.4 Å². The van der Waals surface area contributed by atoms with Crippen LogP contribution in [0.2, 0.25) is 0 Å². The van der Waals surface area contributed by atoms with E-state index in [1.54, 1.807) is 24.3 Å². The van der Waals surface area contributed by atoms with Crippen molar-refractivity contribution in [3.63, 3.8) is 0 Å². The molecule has 0 radical (unpaired) electrons. The van der Waals surface area contributed by atoms with Crippen molar-refractivity contribution in [2.24, 2.45) is 0 Å². The number of aryl methyl sites for hydroxylation is 3. The zero-order chi connectivity index (χ0) is 24.3. The normalized spacial score (nSPS) is 11.1. The number of anilines is 1. The standard InChI is InChI=1S/C26H28N4O3S/c1-4-5-9-23-29-30-26(34-23)28-25(31)21(17-27)16-20-10-12-22(13-11-20)32-14-15-33-24-18(2)7-6-8-19(24)3/h6-8,10-13,16H,4-5,9,14-15H2,1-3H3,(H,28,30,31). The first-order valence-electron chi connectivity index (χ1n) is 11.2. The van der Waals surface area contributed by atoms with E-state index in [9.17, 15) is 10.1 Å². The van der Waals surface area contributed by atoms with Crippen molar-refractivity contribution in [2.45, 2.75) is 40.0 Å². The molecule has 0 fully saturated rings. The highest BCUT2D eigenvalue weighted by molar-refractivity contribution is 7.15. The van der Waals surface area contributed by atoms with Crippen molar-refractivity contribution in [3.8, 4) is 17.6 Å². The fraction of sp³-hybridized carbons (Fsp3) is 0.308. The van der Waals surface area contributed by atoms with Gasteiger partial charge >= 0.3 is 0 Å². The third-order valence-electron chi connectivity index (χ3n) is 4.99. The Hall–Kier alpha value is -3.70. The summed E-state index contributed by atoms with van der Waals surface area (Å²) in [5.41, 5.74) is 2.89. The van der Waals surface area contributed by atoms with Gasteiger partial charge in [-0.15, -0.1) is 10.2 Å². The second kappa shape index (κ2) is 12.5. The average molecular weight is 477 g/mol. The Balaban J connectivity index is 1.52. The SMILES string of the molecule is CCCCc1nnc(NC(=O)C(C#N)=Cc2ccc(OCCOc3c(C)cccc3C)cc2)s1. The number of benzene rings is 2. The Labute approximate surface area is 204 Å². The van der Waals surface area contributed by atoms with Crippen LogP contribution in [0.15, 0.2) is 48.0 Å². The molecule has 0 unspecified atom stereocenters. The van der Waals surface area contributed by atoms with Crippen LogP contribution in [0, 0.1) is 25.2 Å². The van der Waals surface area contributed by atoms with Gasteiger partial charge in [-0.2, -0.15) is 5.26 Å². The Kier molecular flexibility index (Phi) is 9.18. The van der Waals surface area contributed by atoms with E-state index in [0.717, 1.165) is 41.1 Å². The molecule has 8 heteroatoms. The minimum absolute atomic E-state index is 0.0130. The summed E-state index contributed by atoms with van der Waals surface area (Å²) in [6.07, 6.45) is 4.44. The van der Waals surface area contributed by atoms with Crippen LogP contribution in [-0.2, 0) is 11.2 Å². The first-order valence-corrected chi connectivity index (χ1v) is 12.0. The number of carbonyl (C=O) groups is 1. The van der Waals surface area contributed by atoms with E-state index < -0.39 is 5.91 Å². The molecule has 2 aromatic carbocycles. The first kappa shape index (κ1) is 24.9. The molecule has 0 atom stereocenters. The summed E-state index contributed by atoms with van der Waals surface area (Å²) in [6, 6.07) is 15.2. The van der Waals surface area contributed by atoms with Gasteiger partial charge in [-0.1, -0.05) is 55.0 Å². The largest absolute Gasteiger partial charge is 0.490 e. The Morgan fingerprint density at radius 3 is 2.47 bits per heavy atom. The number of hydrogen-bond donors (Lipinski definition) is 1. The van der Waals surface area contributed by atoms with Crippen molar-refractivity contribution in [1.82, 2.24) is 10.2 Å². The molecule has 7 nitrogen and oxygen atoms in total. The van der Waals surface area contributed by atoms with E-state index in [0.29, 0.717) is 29.7 Å². The summed E-state index contributed by atoms with van der Waals surface area (Å²) in [5, 5.41) is 21.4. The molecule has 3 aromatic rings. The summed E-state index contributed by atoms with van der Waals surface area (Å²) in [7, 11) is 0. The third kappa shape index (κ3) is 7.15. The van der Waals surface area contributed by atoms with Crippen LogP contribution in [0.25, 0.3) is 6.08 Å². The molecule has 0 aliphatic heterocycles. The van der Waals surface area contributed by atoms with Gasteiger partial charge in [-0.25, -0.2) is 0 Å². The molecule has 1 heterocycles. The minimum Gasteiger partial charge on any atom is -0.490 e. The first-order chi connectivity index (χ1) is 16.5. The highest BCUT2D eigenvalue weighted by Gasteiger charge is 2.13. The van der Waals surface area contributed by atoms with Gasteiger partial charge < -0.3 is 9.47 Å². The number of nitrogens with zero attached hydrogens (tertiary/aromatic N) is 3. The maximum absolute atomic E-state index is 12.5. The van der Waals surface area contributed by atoms with Crippen molar-refractivity contribution in [2.75, 3.05) is 18.5 Å². The van der Waals surface area contributed by atoms with Gasteiger partial charge in [0.05, 0.1) is 0 Å². The van der Waals surface area contributed by atoms with Gasteiger partial charge in [0.25, 0.3) is 5.91 Å². The lowest BCUT2D eigenvalue weighted by Crippen LogP contribution is -2.13. The van der Waals surface area contributed by atoms with Crippen molar-refractivity contribution < 1.29 is 14.3 Å². The summed E-state index contributed by atoms with van der Waals surface area (Å²) >= 11 is 1.33. The topological polar surface area (TPSA) is 97.1 Å². The molecular weight excluding hydrogens is 448 g/mol. The average Bonchev–Trinajstić information content (AvgIpc) is 3.28. The zero-order valence-corrected chi connectivity index (χ0v) is 20.4. The number of ether oxygens (including phenoxy) is 2. The predicted octanol–water partition coefficient (Wildman–Crippen LogP) is 5.50. The molecule has 3 rings (SSSR count). The number of carbonyl (C=O) groups excluding carboxylic acids is 1. The fourth-order valence-electron chi connectivity index (χ4n) is 3.20. The molecule has 0 saturated carbocycles. The molecule has 0 saturated heterocycles. The van der Waals surface area contributed by atoms with Crippen LogP contribution in [0.4, 0.5) is 5.13 Å². The second-order valence-corrected chi connectivity index (χ2v) is 8.78. The van der Waals surface area contributed by atoms with E-state index in [1.165, 1.54) is 17.4 Å². The number of amides is 1. The molecule has 0 aliphatic rings. The minimum atomic E-state index is -0.510. The lowest BCUT2D eigenvalue weighted by Gasteiger charge is -2.12. The van der Waals surface area contributed by atoms with Gasteiger partial charge in [0.2, 0.25) is 5.13 Å². The molecule has 0 bridgehead atoms. The van der Waals surface area contributed by atoms with Crippen LogP contribution < -0.4 is 14.8 Å². The van der Waals surface area contributed by atoms with E-state index in [-0.39, 0.29) is 5.57 Å². The number of nitrogens with one attached hydrogen (secondary N) is 1. The van der Waals surface area contributed by atoms with E-state index in [2.05, 4.69) is 22.4 Å². The van der Waals surface area contributed by atoms with Crippen molar-refractivity contribution in [1.29, 1.82) is 5.26 Å². The Morgan fingerprint density at radius 1 is 1.09 bits per heavy atom. The molecule has 1 aromatic heterocycles. The summed E-state index contributed by atoms with van der Waals surface area (Å²) in [4.78, 5) is 12.5. The maximum atomic E-state index is 12.5. The molecule has 34 heavy (non-hydrogen) atoms. The smallest absolute Gasteiger partial charge is 0.268 e. The lowest BCUT2D eigenvalue weighted by molar-refractivity contribution is -0.112. The maximum Gasteiger partial charge on any atom is 0.268 e. The van der Waals surface area contributed by atoms with Gasteiger partial charge in [-0.05, 0) is 55.2 Å². The van der Waals surface area contributed by atoms with Gasteiger partial charge in [0, 0.05) is 6.42 Å². The van der Waals surface area contributed by atoms with E-state index in [1.807, 2.05) is 38.1 Å². The monoisotopic (exact) mass is 476 g/mol. The zero-order valence-electron chi connectivity index (χ0n) is 19.6. The second-order valence-electron chi connectivity index (χ2n) is 7.72. The quantitative estimate of drug-likeness (QED) is 0.223. The third-order valence-corrected chi connectivity index (χ3v) is 5.89. The number of rotatable bonds is 11. The van der Waals surface area contributed by atoms with E-state index >= 15 is 0 Å². The van der Waals surface area contributed by atoms with Gasteiger partial charge in [0.15, 0.2) is 0 Å². The molecule has 1 N–H and O–H groups in total. The number of nitriles is 1. The number of aromatic nitrogens is 2. The summed E-state index contributed by atoms with van der Waals surface area (Å²) in [5.74, 6) is 1.06. The number of hydrogen-bond acceptors (Lipinski definition) is 7. The molecule has 176 valence electrons. The number of unbranched alkanes of at least 4 members (excludes halogenated alkanes) is 1. The predicted molar refractivity (Wildman–Crippen MR) is 134 cm³/mol. The van der Waals surface area contributed by atoms with Crippen LogP contribution in [0.5, 0.6) is 11.5 Å². The van der Waals surface area contributed by atoms with E-state index in [4.69, 9.17) is 9.47 Å². The summed E-state index contributed by atoms with van der Waals surface area (Å²) in [6.45, 7) is 6.97. The highest BCUT2D eigenvalue weighted by atomic mass is 32.1. The molecule has 0 aliphatic carbocycles. The fourth-order valence-corrected chi connectivity index (χ4v) is 3.98. The Bertz CT molecular complexity index is 1160. The van der Waals surface area contributed by atoms with Crippen LogP contribution in [-0.4, -0.2) is 29.3 Å². The molecular formula is C26H28N4O3S. The van der Waals surface area contributed by atoms with Crippen LogP contribution in [0.1, 0.15) is 41.5 Å². The van der Waals surface area contributed by atoms with Crippen molar-refractivity contribution >= 4 is 28.5 Å². The highest BCUT2D eigenvalue weighted by Crippen LogP contribution is 2.22. The Morgan fingerprint density at radius 2 is 1.79 bits per heavy atom. The van der Waals surface area contributed by atoms with Crippen molar-refractivity contribution in [3.05, 3.63) is 69.7 Å². The number of para-hydroxylation sites is 1. The molecule has 1 amide bonds.